The van der Waals surface area contributed by atoms with E-state index >= 15 is 0 Å². The predicted molar refractivity (Wildman–Crippen MR) is 135 cm³/mol. The molecule has 0 saturated carbocycles. The smallest absolute Gasteiger partial charge is 0.259 e. The van der Waals surface area contributed by atoms with Crippen LogP contribution in [0.5, 0.6) is 0 Å². The number of aliphatic hydroxyl groups is 1. The molecular formula is C26H24N4O2S. The number of aromatic nitrogens is 2. The van der Waals surface area contributed by atoms with Gasteiger partial charge < -0.3 is 14.6 Å². The number of hydrogen-bond donors (Lipinski definition) is 1. The van der Waals surface area contributed by atoms with Crippen LogP contribution in [0.1, 0.15) is 13.8 Å². The number of anilines is 2. The summed E-state index contributed by atoms with van der Waals surface area (Å²) in [4.78, 5) is 21.2. The molecule has 1 aromatic heterocycles. The third-order valence-corrected chi connectivity index (χ3v) is 6.47. The van der Waals surface area contributed by atoms with Gasteiger partial charge in [0.15, 0.2) is 5.11 Å². The standard InChI is InChI=1S/C26H24N4O2S/c1-26(2)24(32)29(20-6-4-3-5-7-20)25(33)30(26)21-11-8-18(9-12-21)19-10-13-23-22(16-19)27-17-28(23)14-15-31/h3-13,16-17,31H,14-15H2,1-2H3. The molecule has 5 rings (SSSR count). The van der Waals surface area contributed by atoms with Gasteiger partial charge >= 0.3 is 0 Å². The van der Waals surface area contributed by atoms with Gasteiger partial charge in [0.2, 0.25) is 0 Å². The summed E-state index contributed by atoms with van der Waals surface area (Å²) in [7, 11) is 0. The van der Waals surface area contributed by atoms with E-state index < -0.39 is 5.54 Å². The van der Waals surface area contributed by atoms with Crippen molar-refractivity contribution >= 4 is 45.6 Å². The summed E-state index contributed by atoms with van der Waals surface area (Å²) in [6, 6.07) is 23.7. The zero-order valence-electron chi connectivity index (χ0n) is 18.5. The molecule has 0 spiro atoms. The molecule has 1 amide bonds. The van der Waals surface area contributed by atoms with Crippen molar-refractivity contribution in [3.8, 4) is 11.1 Å². The number of carbonyl (C=O) groups excluding carboxylic acids is 1. The maximum atomic E-state index is 13.3. The maximum Gasteiger partial charge on any atom is 0.259 e. The molecule has 0 aliphatic carbocycles. The Hall–Kier alpha value is -3.55. The monoisotopic (exact) mass is 456 g/mol. The lowest BCUT2D eigenvalue weighted by Gasteiger charge is -2.29. The summed E-state index contributed by atoms with van der Waals surface area (Å²) in [5.41, 5.74) is 4.82. The van der Waals surface area contributed by atoms with Crippen molar-refractivity contribution in [3.63, 3.8) is 0 Å². The molecule has 0 atom stereocenters. The normalized spacial score (nSPS) is 15.6. The summed E-state index contributed by atoms with van der Waals surface area (Å²) in [5, 5.41) is 9.69. The van der Waals surface area contributed by atoms with Gasteiger partial charge in [0.1, 0.15) is 5.54 Å². The molecule has 1 saturated heterocycles. The van der Waals surface area contributed by atoms with Gasteiger partial charge in [-0.2, -0.15) is 0 Å². The number of amides is 1. The molecular weight excluding hydrogens is 432 g/mol. The van der Waals surface area contributed by atoms with E-state index in [1.807, 2.05) is 90.0 Å². The zero-order valence-corrected chi connectivity index (χ0v) is 19.3. The highest BCUT2D eigenvalue weighted by Gasteiger charge is 2.50. The van der Waals surface area contributed by atoms with E-state index in [1.54, 1.807) is 11.2 Å². The molecule has 1 N–H and O–H groups in total. The summed E-state index contributed by atoms with van der Waals surface area (Å²) < 4.78 is 1.94. The minimum Gasteiger partial charge on any atom is -0.395 e. The SMILES string of the molecule is CC1(C)C(=O)N(c2ccccc2)C(=S)N1c1ccc(-c2ccc3c(c2)ncn3CCO)cc1. The Bertz CT molecular complexity index is 1350. The Balaban J connectivity index is 1.46. The number of thiocarbonyl (C=S) groups is 1. The average Bonchev–Trinajstić information content (AvgIpc) is 3.30. The van der Waals surface area contributed by atoms with Gasteiger partial charge in [0.05, 0.1) is 29.7 Å². The minimum absolute atomic E-state index is 0.0494. The molecule has 4 aromatic rings. The Kier molecular flexibility index (Phi) is 5.23. The van der Waals surface area contributed by atoms with E-state index in [-0.39, 0.29) is 12.5 Å². The Morgan fingerprint density at radius 2 is 1.64 bits per heavy atom. The Morgan fingerprint density at radius 1 is 0.939 bits per heavy atom. The van der Waals surface area contributed by atoms with Crippen LogP contribution in [0.15, 0.2) is 79.1 Å². The summed E-state index contributed by atoms with van der Waals surface area (Å²) in [6.45, 7) is 4.40. The maximum absolute atomic E-state index is 13.3. The number of benzene rings is 3. The van der Waals surface area contributed by atoms with Crippen molar-refractivity contribution in [2.75, 3.05) is 16.4 Å². The molecule has 0 radical (unpaired) electrons. The van der Waals surface area contributed by atoms with Gasteiger partial charge in [-0.1, -0.05) is 36.4 Å². The number of rotatable bonds is 5. The molecule has 3 aromatic carbocycles. The van der Waals surface area contributed by atoms with E-state index in [2.05, 4.69) is 11.1 Å². The third-order valence-electron chi connectivity index (χ3n) is 6.10. The van der Waals surface area contributed by atoms with Crippen LogP contribution in [0.2, 0.25) is 0 Å². The summed E-state index contributed by atoms with van der Waals surface area (Å²) >= 11 is 5.76. The lowest BCUT2D eigenvalue weighted by molar-refractivity contribution is -0.120. The molecule has 1 fully saturated rings. The number of carbonyl (C=O) groups is 1. The molecule has 1 aliphatic heterocycles. The largest absolute Gasteiger partial charge is 0.395 e. The highest BCUT2D eigenvalue weighted by Crippen LogP contribution is 2.37. The van der Waals surface area contributed by atoms with Crippen molar-refractivity contribution in [2.45, 2.75) is 25.9 Å². The van der Waals surface area contributed by atoms with E-state index in [9.17, 15) is 9.90 Å². The Labute approximate surface area is 197 Å². The predicted octanol–water partition coefficient (Wildman–Crippen LogP) is 4.61. The second-order valence-corrected chi connectivity index (χ2v) is 8.93. The zero-order chi connectivity index (χ0) is 23.2. The van der Waals surface area contributed by atoms with Crippen LogP contribution in [0.25, 0.3) is 22.2 Å². The minimum atomic E-state index is -0.799. The van der Waals surface area contributed by atoms with Crippen LogP contribution in [-0.4, -0.2) is 37.8 Å². The lowest BCUT2D eigenvalue weighted by atomic mass is 10.0. The van der Waals surface area contributed by atoms with E-state index in [0.29, 0.717) is 11.7 Å². The summed E-state index contributed by atoms with van der Waals surface area (Å²) in [6.07, 6.45) is 1.75. The highest BCUT2D eigenvalue weighted by atomic mass is 32.1. The number of nitrogens with zero attached hydrogens (tertiary/aromatic N) is 4. The van der Waals surface area contributed by atoms with Crippen LogP contribution in [0, 0.1) is 0 Å². The van der Waals surface area contributed by atoms with E-state index in [4.69, 9.17) is 12.2 Å². The molecule has 1 aliphatic rings. The van der Waals surface area contributed by atoms with Crippen LogP contribution in [-0.2, 0) is 11.3 Å². The van der Waals surface area contributed by atoms with Gasteiger partial charge in [-0.25, -0.2) is 4.98 Å². The number of aliphatic hydroxyl groups excluding tert-OH is 1. The first-order valence-electron chi connectivity index (χ1n) is 10.8. The van der Waals surface area contributed by atoms with Gasteiger partial charge in [-0.15, -0.1) is 0 Å². The van der Waals surface area contributed by atoms with Gasteiger partial charge in [-0.3, -0.25) is 9.69 Å². The topological polar surface area (TPSA) is 61.6 Å². The van der Waals surface area contributed by atoms with Crippen LogP contribution >= 0.6 is 12.2 Å². The highest BCUT2D eigenvalue weighted by molar-refractivity contribution is 7.81. The third kappa shape index (κ3) is 3.50. The van der Waals surface area contributed by atoms with Crippen LogP contribution < -0.4 is 9.80 Å². The van der Waals surface area contributed by atoms with Gasteiger partial charge in [-0.05, 0) is 73.6 Å². The average molecular weight is 457 g/mol. The molecule has 0 unspecified atom stereocenters. The van der Waals surface area contributed by atoms with Crippen molar-refractivity contribution in [1.82, 2.24) is 9.55 Å². The molecule has 166 valence electrons. The molecule has 2 heterocycles. The first-order valence-corrected chi connectivity index (χ1v) is 11.2. The number of fused-ring (bicyclic) bond motifs is 1. The quantitative estimate of drug-likeness (QED) is 0.444. The van der Waals surface area contributed by atoms with Crippen molar-refractivity contribution in [1.29, 1.82) is 0 Å². The number of imidazole rings is 1. The first kappa shape index (κ1) is 21.3. The molecule has 6 nitrogen and oxygen atoms in total. The van der Waals surface area contributed by atoms with Crippen molar-refractivity contribution in [3.05, 3.63) is 79.1 Å². The fourth-order valence-electron chi connectivity index (χ4n) is 4.37. The fraction of sp³-hybridized carbons (Fsp3) is 0.192. The van der Waals surface area contributed by atoms with Crippen LogP contribution in [0.3, 0.4) is 0 Å². The molecule has 33 heavy (non-hydrogen) atoms. The van der Waals surface area contributed by atoms with Crippen molar-refractivity contribution in [2.24, 2.45) is 0 Å². The Morgan fingerprint density at radius 3 is 2.33 bits per heavy atom. The van der Waals surface area contributed by atoms with Gasteiger partial charge in [0, 0.05) is 12.2 Å². The van der Waals surface area contributed by atoms with Gasteiger partial charge in [0.25, 0.3) is 5.91 Å². The van der Waals surface area contributed by atoms with E-state index in [1.165, 1.54) is 0 Å². The fourth-order valence-corrected chi connectivity index (χ4v) is 4.89. The van der Waals surface area contributed by atoms with Crippen molar-refractivity contribution < 1.29 is 9.90 Å². The molecule has 0 bridgehead atoms. The van der Waals surface area contributed by atoms with E-state index in [0.717, 1.165) is 33.5 Å². The number of hydrogen-bond acceptors (Lipinski definition) is 4. The second kappa shape index (κ2) is 8.10. The van der Waals surface area contributed by atoms with Crippen LogP contribution in [0.4, 0.5) is 11.4 Å². The second-order valence-electron chi connectivity index (χ2n) is 8.57. The molecule has 7 heteroatoms. The first-order chi connectivity index (χ1) is 15.9. The lowest BCUT2D eigenvalue weighted by Crippen LogP contribution is -2.44. The summed E-state index contributed by atoms with van der Waals surface area (Å²) in [5.74, 6) is -0.0494. The number of para-hydroxylation sites is 1.